The molecule has 0 spiro atoms. The van der Waals surface area contributed by atoms with E-state index in [1.54, 1.807) is 31.2 Å². The summed E-state index contributed by atoms with van der Waals surface area (Å²) in [5, 5.41) is 5.72. The number of ether oxygens (including phenoxy) is 2. The van der Waals surface area contributed by atoms with E-state index >= 15 is 0 Å². The van der Waals surface area contributed by atoms with Gasteiger partial charge in [-0.1, -0.05) is 36.4 Å². The second-order valence-corrected chi connectivity index (χ2v) is 8.03. The molecule has 8 heteroatoms. The van der Waals surface area contributed by atoms with Gasteiger partial charge in [0.25, 0.3) is 5.91 Å². The zero-order chi connectivity index (χ0) is 24.2. The Kier molecular flexibility index (Phi) is 6.17. The van der Waals surface area contributed by atoms with Crippen LogP contribution in [0.3, 0.4) is 0 Å². The predicted octanol–water partition coefficient (Wildman–Crippen LogP) is 4.49. The van der Waals surface area contributed by atoms with Crippen LogP contribution in [0.4, 0.5) is 5.69 Å². The Hall–Kier alpha value is -4.59. The van der Waals surface area contributed by atoms with Crippen molar-refractivity contribution in [1.82, 2.24) is 10.3 Å². The zero-order valence-electron chi connectivity index (χ0n) is 19.0. The second-order valence-electron chi connectivity index (χ2n) is 8.03. The van der Waals surface area contributed by atoms with Crippen molar-refractivity contribution >= 4 is 17.5 Å². The Labute approximate surface area is 201 Å². The number of oxazole rings is 1. The fourth-order valence-corrected chi connectivity index (χ4v) is 3.76. The highest BCUT2D eigenvalue weighted by molar-refractivity contribution is 6.04. The lowest BCUT2D eigenvalue weighted by Gasteiger charge is -2.11. The Morgan fingerprint density at radius 1 is 0.943 bits per heavy atom. The van der Waals surface area contributed by atoms with E-state index in [0.29, 0.717) is 46.6 Å². The lowest BCUT2D eigenvalue weighted by atomic mass is 10.1. The van der Waals surface area contributed by atoms with E-state index in [0.717, 1.165) is 11.1 Å². The van der Waals surface area contributed by atoms with Gasteiger partial charge >= 0.3 is 0 Å². The summed E-state index contributed by atoms with van der Waals surface area (Å²) in [6.45, 7) is 2.28. The predicted molar refractivity (Wildman–Crippen MR) is 129 cm³/mol. The van der Waals surface area contributed by atoms with Crippen LogP contribution >= 0.6 is 0 Å². The van der Waals surface area contributed by atoms with Crippen LogP contribution in [0.25, 0.3) is 11.5 Å². The minimum absolute atomic E-state index is 0.0231. The zero-order valence-corrected chi connectivity index (χ0v) is 19.0. The van der Waals surface area contributed by atoms with Gasteiger partial charge in [0.15, 0.2) is 11.5 Å². The third-order valence-corrected chi connectivity index (χ3v) is 5.58. The van der Waals surface area contributed by atoms with Crippen LogP contribution in [0.1, 0.15) is 27.4 Å². The number of amides is 2. The van der Waals surface area contributed by atoms with E-state index < -0.39 is 0 Å². The van der Waals surface area contributed by atoms with Gasteiger partial charge in [0.2, 0.25) is 18.6 Å². The lowest BCUT2D eigenvalue weighted by Crippen LogP contribution is -2.25. The normalized spacial score (nSPS) is 11.8. The number of anilines is 1. The van der Waals surface area contributed by atoms with E-state index in [1.807, 2.05) is 48.5 Å². The van der Waals surface area contributed by atoms with Crippen molar-refractivity contribution in [1.29, 1.82) is 0 Å². The molecular weight excluding hydrogens is 446 g/mol. The van der Waals surface area contributed by atoms with Gasteiger partial charge in [-0.2, -0.15) is 0 Å². The average molecular weight is 469 g/mol. The molecule has 0 radical (unpaired) electrons. The molecule has 176 valence electrons. The number of hydrogen-bond donors (Lipinski definition) is 2. The first-order valence-corrected chi connectivity index (χ1v) is 11.1. The van der Waals surface area contributed by atoms with E-state index in [9.17, 15) is 9.59 Å². The molecule has 0 saturated heterocycles. The smallest absolute Gasteiger partial charge is 0.253 e. The van der Waals surface area contributed by atoms with Gasteiger partial charge in [-0.3, -0.25) is 9.59 Å². The van der Waals surface area contributed by atoms with Crippen molar-refractivity contribution in [2.75, 3.05) is 12.1 Å². The van der Waals surface area contributed by atoms with Crippen LogP contribution < -0.4 is 20.1 Å². The maximum Gasteiger partial charge on any atom is 0.253 e. The topological polar surface area (TPSA) is 103 Å². The van der Waals surface area contributed by atoms with Crippen molar-refractivity contribution in [2.45, 2.75) is 19.9 Å². The first-order valence-electron chi connectivity index (χ1n) is 11.1. The maximum atomic E-state index is 12.9. The first kappa shape index (κ1) is 22.2. The number of nitrogens with zero attached hydrogens (tertiary/aromatic N) is 1. The molecular formula is C27H23N3O5. The highest BCUT2D eigenvalue weighted by atomic mass is 16.7. The Balaban J connectivity index is 1.24. The SMILES string of the molecule is Cc1oc(-c2ccccc2)nc1CC(=O)Nc1ccccc1C(=O)NCc1ccc2c(c1)OCO2. The standard InChI is InChI=1S/C27H23N3O5/c1-17-22(30-27(35-17)19-7-3-2-4-8-19)14-25(31)29-21-10-6-5-9-20(21)26(32)28-15-18-11-12-23-24(13-18)34-16-33-23/h2-13H,14-16H2,1H3,(H,28,32)(H,29,31). The largest absolute Gasteiger partial charge is 0.454 e. The number of carbonyl (C=O) groups is 2. The molecule has 0 atom stereocenters. The lowest BCUT2D eigenvalue weighted by molar-refractivity contribution is -0.115. The van der Waals surface area contributed by atoms with Crippen molar-refractivity contribution in [2.24, 2.45) is 0 Å². The maximum absolute atomic E-state index is 12.9. The summed E-state index contributed by atoms with van der Waals surface area (Å²) in [6, 6.07) is 21.9. The highest BCUT2D eigenvalue weighted by Crippen LogP contribution is 2.32. The van der Waals surface area contributed by atoms with E-state index in [2.05, 4.69) is 15.6 Å². The third-order valence-electron chi connectivity index (χ3n) is 5.58. The van der Waals surface area contributed by atoms with Crippen LogP contribution in [0.15, 0.2) is 77.2 Å². The average Bonchev–Trinajstić information content (AvgIpc) is 3.49. The molecule has 0 fully saturated rings. The molecule has 0 unspecified atom stereocenters. The summed E-state index contributed by atoms with van der Waals surface area (Å²) in [7, 11) is 0. The molecule has 0 aliphatic carbocycles. The fourth-order valence-electron chi connectivity index (χ4n) is 3.76. The minimum atomic E-state index is -0.303. The van der Waals surface area contributed by atoms with Crippen LogP contribution in [-0.4, -0.2) is 23.6 Å². The Bertz CT molecular complexity index is 1380. The number of rotatable bonds is 7. The van der Waals surface area contributed by atoms with E-state index in [1.165, 1.54) is 0 Å². The van der Waals surface area contributed by atoms with Crippen LogP contribution in [0.5, 0.6) is 11.5 Å². The van der Waals surface area contributed by atoms with Crippen molar-refractivity contribution in [3.63, 3.8) is 0 Å². The molecule has 2 N–H and O–H groups in total. The van der Waals surface area contributed by atoms with Crippen LogP contribution in [0.2, 0.25) is 0 Å². The molecule has 0 saturated carbocycles. The molecule has 2 heterocycles. The number of para-hydroxylation sites is 1. The number of nitrogens with one attached hydrogen (secondary N) is 2. The molecule has 2 amide bonds. The Morgan fingerprint density at radius 2 is 1.71 bits per heavy atom. The summed E-state index contributed by atoms with van der Waals surface area (Å²) in [5.74, 6) is 1.79. The second kappa shape index (κ2) is 9.72. The number of carbonyl (C=O) groups excluding carboxylic acids is 2. The Morgan fingerprint density at radius 3 is 2.57 bits per heavy atom. The summed E-state index contributed by atoms with van der Waals surface area (Å²) < 4.78 is 16.4. The van der Waals surface area contributed by atoms with Crippen LogP contribution in [-0.2, 0) is 17.8 Å². The van der Waals surface area contributed by atoms with Crippen molar-refractivity contribution in [3.05, 3.63) is 95.4 Å². The molecule has 1 aliphatic heterocycles. The van der Waals surface area contributed by atoms with Gasteiger partial charge in [-0.15, -0.1) is 0 Å². The number of benzene rings is 3. The third kappa shape index (κ3) is 5.01. The minimum Gasteiger partial charge on any atom is -0.454 e. The van der Waals surface area contributed by atoms with Gasteiger partial charge in [-0.05, 0) is 48.9 Å². The van der Waals surface area contributed by atoms with E-state index in [-0.39, 0.29) is 25.0 Å². The highest BCUT2D eigenvalue weighted by Gasteiger charge is 2.18. The monoisotopic (exact) mass is 469 g/mol. The number of fused-ring (bicyclic) bond motifs is 1. The molecule has 1 aromatic heterocycles. The summed E-state index contributed by atoms with van der Waals surface area (Å²) in [4.78, 5) is 30.2. The molecule has 5 rings (SSSR count). The first-order chi connectivity index (χ1) is 17.1. The van der Waals surface area contributed by atoms with Gasteiger partial charge in [0.05, 0.1) is 23.4 Å². The fraction of sp³-hybridized carbons (Fsp3) is 0.148. The quantitative estimate of drug-likeness (QED) is 0.413. The molecule has 35 heavy (non-hydrogen) atoms. The molecule has 1 aliphatic rings. The number of aromatic nitrogens is 1. The van der Waals surface area contributed by atoms with Crippen molar-refractivity contribution in [3.8, 4) is 23.0 Å². The number of aryl methyl sites for hydroxylation is 1. The van der Waals surface area contributed by atoms with Gasteiger partial charge in [0.1, 0.15) is 5.76 Å². The van der Waals surface area contributed by atoms with Gasteiger partial charge < -0.3 is 24.5 Å². The van der Waals surface area contributed by atoms with Crippen LogP contribution in [0, 0.1) is 6.92 Å². The number of hydrogen-bond acceptors (Lipinski definition) is 6. The molecule has 3 aromatic carbocycles. The van der Waals surface area contributed by atoms with Crippen molar-refractivity contribution < 1.29 is 23.5 Å². The van der Waals surface area contributed by atoms with E-state index in [4.69, 9.17) is 13.9 Å². The molecule has 0 bridgehead atoms. The molecule has 4 aromatic rings. The summed E-state index contributed by atoms with van der Waals surface area (Å²) >= 11 is 0. The van der Waals surface area contributed by atoms with Gasteiger partial charge in [0, 0.05) is 12.1 Å². The summed E-state index contributed by atoms with van der Waals surface area (Å²) in [6.07, 6.45) is 0.0231. The summed E-state index contributed by atoms with van der Waals surface area (Å²) in [5.41, 5.74) is 3.05. The van der Waals surface area contributed by atoms with Gasteiger partial charge in [-0.25, -0.2) is 4.98 Å². The molecule has 8 nitrogen and oxygen atoms in total.